The zero-order valence-corrected chi connectivity index (χ0v) is 12.5. The average molecular weight is 296 g/mol. The van der Waals surface area contributed by atoms with E-state index in [4.69, 9.17) is 21.1 Å². The van der Waals surface area contributed by atoms with Crippen molar-refractivity contribution in [2.24, 2.45) is 0 Å². The van der Waals surface area contributed by atoms with Crippen LogP contribution in [-0.4, -0.2) is 25.4 Å². The van der Waals surface area contributed by atoms with Gasteiger partial charge in [-0.05, 0) is 43.9 Å². The highest BCUT2D eigenvalue weighted by Gasteiger charge is 2.21. The molecule has 1 heterocycles. The van der Waals surface area contributed by atoms with Gasteiger partial charge in [-0.2, -0.15) is 0 Å². The predicted octanol–water partition coefficient (Wildman–Crippen LogP) is 3.54. The Labute approximate surface area is 125 Å². The molecule has 1 N–H and O–H groups in total. The van der Waals surface area contributed by atoms with Gasteiger partial charge in [0.25, 0.3) is 0 Å². The number of hydrogen-bond donors (Lipinski definition) is 1. The number of rotatable bonds is 7. The molecule has 0 amide bonds. The van der Waals surface area contributed by atoms with Gasteiger partial charge in [-0.15, -0.1) is 0 Å². The zero-order chi connectivity index (χ0) is 13.8. The minimum absolute atomic E-state index is 0.385. The molecule has 1 aromatic carbocycles. The summed E-state index contributed by atoms with van der Waals surface area (Å²) in [6, 6.07) is 6.55. The molecule has 4 heteroatoms. The van der Waals surface area contributed by atoms with Crippen LogP contribution >= 0.6 is 11.6 Å². The summed E-state index contributed by atoms with van der Waals surface area (Å²) in [4.78, 5) is 0. The van der Waals surface area contributed by atoms with Gasteiger partial charge >= 0.3 is 0 Å². The quantitative estimate of drug-likeness (QED) is 0.834. The highest BCUT2D eigenvalue weighted by Crippen LogP contribution is 2.26. The van der Waals surface area contributed by atoms with E-state index in [1.807, 2.05) is 18.2 Å². The van der Waals surface area contributed by atoms with E-state index in [1.54, 1.807) is 0 Å². The van der Waals surface area contributed by atoms with Gasteiger partial charge in [0.05, 0.1) is 12.7 Å². The third-order valence-corrected chi connectivity index (χ3v) is 4.14. The SMILES string of the molecule is Clc1ccc(OCCC2CCCO2)c(CNC2CC2)c1. The summed E-state index contributed by atoms with van der Waals surface area (Å²) < 4.78 is 11.5. The molecule has 1 unspecified atom stereocenters. The molecule has 3 rings (SSSR count). The smallest absolute Gasteiger partial charge is 0.123 e. The molecular formula is C16H22ClNO2. The molecule has 2 aliphatic rings. The van der Waals surface area contributed by atoms with E-state index < -0.39 is 0 Å². The number of benzene rings is 1. The van der Waals surface area contributed by atoms with Gasteiger partial charge in [0.15, 0.2) is 0 Å². The van der Waals surface area contributed by atoms with Gasteiger partial charge in [-0.3, -0.25) is 0 Å². The van der Waals surface area contributed by atoms with Crippen molar-refractivity contribution >= 4 is 11.6 Å². The van der Waals surface area contributed by atoms with Crippen molar-refractivity contribution in [2.45, 2.75) is 50.8 Å². The van der Waals surface area contributed by atoms with Crippen molar-refractivity contribution in [2.75, 3.05) is 13.2 Å². The highest BCUT2D eigenvalue weighted by atomic mass is 35.5. The summed E-state index contributed by atoms with van der Waals surface area (Å²) in [7, 11) is 0. The molecule has 1 aromatic rings. The second kappa shape index (κ2) is 6.79. The molecule has 1 aliphatic carbocycles. The molecule has 110 valence electrons. The Morgan fingerprint density at radius 1 is 1.30 bits per heavy atom. The van der Waals surface area contributed by atoms with Crippen molar-refractivity contribution < 1.29 is 9.47 Å². The molecule has 1 aliphatic heterocycles. The molecule has 1 atom stereocenters. The van der Waals surface area contributed by atoms with Crippen LogP contribution in [0.5, 0.6) is 5.75 Å². The Morgan fingerprint density at radius 3 is 2.95 bits per heavy atom. The lowest BCUT2D eigenvalue weighted by atomic mass is 10.2. The number of nitrogens with one attached hydrogen (secondary N) is 1. The number of halogens is 1. The first-order valence-electron chi connectivity index (χ1n) is 7.57. The van der Waals surface area contributed by atoms with Crippen molar-refractivity contribution in [3.05, 3.63) is 28.8 Å². The molecule has 1 saturated heterocycles. The first kappa shape index (κ1) is 14.2. The summed E-state index contributed by atoms with van der Waals surface area (Å²) in [6.07, 6.45) is 6.28. The summed E-state index contributed by atoms with van der Waals surface area (Å²) in [6.45, 7) is 2.45. The summed E-state index contributed by atoms with van der Waals surface area (Å²) in [5.41, 5.74) is 1.15. The van der Waals surface area contributed by atoms with Crippen molar-refractivity contribution in [1.82, 2.24) is 5.32 Å². The maximum atomic E-state index is 6.08. The van der Waals surface area contributed by atoms with Gasteiger partial charge in [-0.1, -0.05) is 11.6 Å². The molecule has 2 fully saturated rings. The fraction of sp³-hybridized carbons (Fsp3) is 0.625. The zero-order valence-electron chi connectivity index (χ0n) is 11.7. The Kier molecular flexibility index (Phi) is 4.81. The second-order valence-corrected chi connectivity index (χ2v) is 6.12. The fourth-order valence-corrected chi connectivity index (χ4v) is 2.74. The minimum Gasteiger partial charge on any atom is -0.493 e. The van der Waals surface area contributed by atoms with Gasteiger partial charge in [0, 0.05) is 36.2 Å². The molecule has 0 spiro atoms. The Balaban J connectivity index is 1.52. The van der Waals surface area contributed by atoms with E-state index in [9.17, 15) is 0 Å². The van der Waals surface area contributed by atoms with Crippen LogP contribution in [0.1, 0.15) is 37.7 Å². The minimum atomic E-state index is 0.385. The number of ether oxygens (including phenoxy) is 2. The molecule has 20 heavy (non-hydrogen) atoms. The lowest BCUT2D eigenvalue weighted by molar-refractivity contribution is 0.0902. The van der Waals surface area contributed by atoms with Crippen LogP contribution in [0.2, 0.25) is 5.02 Å². The van der Waals surface area contributed by atoms with Crippen molar-refractivity contribution in [1.29, 1.82) is 0 Å². The Hall–Kier alpha value is -0.770. The summed E-state index contributed by atoms with van der Waals surface area (Å²) >= 11 is 6.08. The van der Waals surface area contributed by atoms with Crippen LogP contribution in [-0.2, 0) is 11.3 Å². The predicted molar refractivity (Wildman–Crippen MR) is 80.4 cm³/mol. The molecule has 0 aromatic heterocycles. The Morgan fingerprint density at radius 2 is 2.20 bits per heavy atom. The maximum Gasteiger partial charge on any atom is 0.123 e. The van der Waals surface area contributed by atoms with E-state index in [0.29, 0.717) is 18.8 Å². The van der Waals surface area contributed by atoms with Crippen LogP contribution in [0.3, 0.4) is 0 Å². The lowest BCUT2D eigenvalue weighted by Crippen LogP contribution is -2.17. The van der Waals surface area contributed by atoms with Crippen LogP contribution in [0.15, 0.2) is 18.2 Å². The second-order valence-electron chi connectivity index (χ2n) is 5.68. The van der Waals surface area contributed by atoms with Crippen LogP contribution in [0, 0.1) is 0 Å². The normalized spacial score (nSPS) is 22.1. The molecular weight excluding hydrogens is 274 g/mol. The fourth-order valence-electron chi connectivity index (χ4n) is 2.54. The average Bonchev–Trinajstić information content (AvgIpc) is 3.13. The monoisotopic (exact) mass is 295 g/mol. The molecule has 0 bridgehead atoms. The van der Waals surface area contributed by atoms with Crippen LogP contribution in [0.4, 0.5) is 0 Å². The highest BCUT2D eigenvalue weighted by molar-refractivity contribution is 6.30. The first-order chi connectivity index (χ1) is 9.81. The van der Waals surface area contributed by atoms with Gasteiger partial charge < -0.3 is 14.8 Å². The van der Waals surface area contributed by atoms with E-state index >= 15 is 0 Å². The van der Waals surface area contributed by atoms with E-state index in [1.165, 1.54) is 25.7 Å². The molecule has 1 saturated carbocycles. The number of hydrogen-bond acceptors (Lipinski definition) is 3. The molecule has 0 radical (unpaired) electrons. The largest absolute Gasteiger partial charge is 0.493 e. The van der Waals surface area contributed by atoms with Gasteiger partial charge in [0.2, 0.25) is 0 Å². The van der Waals surface area contributed by atoms with E-state index in [2.05, 4.69) is 5.32 Å². The van der Waals surface area contributed by atoms with E-state index in [-0.39, 0.29) is 0 Å². The maximum absolute atomic E-state index is 6.08. The Bertz CT molecular complexity index is 442. The van der Waals surface area contributed by atoms with Crippen molar-refractivity contribution in [3.63, 3.8) is 0 Å². The van der Waals surface area contributed by atoms with Crippen molar-refractivity contribution in [3.8, 4) is 5.75 Å². The van der Waals surface area contributed by atoms with Gasteiger partial charge in [-0.25, -0.2) is 0 Å². The standard InChI is InChI=1S/C16H22ClNO2/c17-13-3-6-16(12(10-13)11-18-14-4-5-14)20-9-7-15-2-1-8-19-15/h3,6,10,14-15,18H,1-2,4-5,7-9,11H2. The van der Waals surface area contributed by atoms with Crippen LogP contribution < -0.4 is 10.1 Å². The third kappa shape index (κ3) is 4.11. The molecule has 3 nitrogen and oxygen atoms in total. The topological polar surface area (TPSA) is 30.5 Å². The summed E-state index contributed by atoms with van der Waals surface area (Å²) in [5.74, 6) is 0.945. The lowest BCUT2D eigenvalue weighted by Gasteiger charge is -2.14. The third-order valence-electron chi connectivity index (χ3n) is 3.90. The first-order valence-corrected chi connectivity index (χ1v) is 7.95. The summed E-state index contributed by atoms with van der Waals surface area (Å²) in [5, 5.41) is 4.28. The van der Waals surface area contributed by atoms with Gasteiger partial charge in [0.1, 0.15) is 5.75 Å². The van der Waals surface area contributed by atoms with E-state index in [0.717, 1.165) is 35.9 Å². The van der Waals surface area contributed by atoms with Crippen LogP contribution in [0.25, 0.3) is 0 Å².